The van der Waals surface area contributed by atoms with E-state index in [9.17, 15) is 5.11 Å². The maximum Gasteiger partial charge on any atom is 0.146 e. The molecule has 2 aromatic carbocycles. The molecule has 0 radical (unpaired) electrons. The molecular weight excluding hydrogens is 374 g/mol. The Kier molecular flexibility index (Phi) is 6.71. The smallest absolute Gasteiger partial charge is 0.146 e. The van der Waals surface area contributed by atoms with E-state index in [1.807, 2.05) is 19.2 Å². The summed E-state index contributed by atoms with van der Waals surface area (Å²) in [7, 11) is 6.74. The van der Waals surface area contributed by atoms with Crippen molar-refractivity contribution in [2.45, 2.75) is 25.0 Å². The summed E-state index contributed by atoms with van der Waals surface area (Å²) in [5, 5.41) is 19.2. The lowest BCUT2D eigenvalue weighted by atomic mass is 9.94. The second kappa shape index (κ2) is 9.24. The van der Waals surface area contributed by atoms with Crippen LogP contribution in [0.1, 0.15) is 23.6 Å². The van der Waals surface area contributed by atoms with Gasteiger partial charge in [-0.25, -0.2) is 0 Å². The van der Waals surface area contributed by atoms with Gasteiger partial charge in [-0.3, -0.25) is 0 Å². The van der Waals surface area contributed by atoms with E-state index in [-0.39, 0.29) is 19.3 Å². The monoisotopic (exact) mass is 403 g/mol. The molecule has 2 N–H and O–H groups in total. The van der Waals surface area contributed by atoms with Crippen LogP contribution in [0.3, 0.4) is 0 Å². The number of aliphatic hydroxyl groups is 2. The van der Waals surface area contributed by atoms with Gasteiger partial charge in [0.05, 0.1) is 39.2 Å². The van der Waals surface area contributed by atoms with E-state index in [4.69, 9.17) is 24.1 Å². The van der Waals surface area contributed by atoms with Gasteiger partial charge in [-0.15, -0.1) is 0 Å². The lowest BCUT2D eigenvalue weighted by Crippen LogP contribution is -2.43. The fourth-order valence-electron chi connectivity index (χ4n) is 3.84. The first-order valence-electron chi connectivity index (χ1n) is 9.61. The molecule has 0 saturated heterocycles. The number of aliphatic hydroxyl groups excluding tert-OH is 2. The molecule has 1 aliphatic heterocycles. The lowest BCUT2D eigenvalue weighted by molar-refractivity contribution is 0.0821. The van der Waals surface area contributed by atoms with Crippen LogP contribution >= 0.6 is 0 Å². The van der Waals surface area contributed by atoms with Gasteiger partial charge in [0.1, 0.15) is 35.1 Å². The summed E-state index contributed by atoms with van der Waals surface area (Å²) in [5.41, 5.74) is 2.81. The van der Waals surface area contributed by atoms with Crippen LogP contribution in [0.4, 0.5) is 5.69 Å². The Morgan fingerprint density at radius 3 is 2.24 bits per heavy atom. The van der Waals surface area contributed by atoms with Crippen molar-refractivity contribution in [1.29, 1.82) is 0 Å². The van der Waals surface area contributed by atoms with E-state index in [0.29, 0.717) is 29.4 Å². The first-order valence-corrected chi connectivity index (χ1v) is 9.61. The van der Waals surface area contributed by atoms with Crippen molar-refractivity contribution in [1.82, 2.24) is 0 Å². The van der Waals surface area contributed by atoms with Gasteiger partial charge < -0.3 is 34.1 Å². The minimum atomic E-state index is -0.507. The van der Waals surface area contributed by atoms with Crippen LogP contribution in [0.2, 0.25) is 0 Å². The maximum atomic E-state index is 10.1. The number of rotatable bonds is 8. The highest BCUT2D eigenvalue weighted by atomic mass is 16.5. The normalized spacial score (nSPS) is 18.1. The molecule has 0 aromatic heterocycles. The Balaban J connectivity index is 2.10. The average molecular weight is 403 g/mol. The van der Waals surface area contributed by atoms with Gasteiger partial charge in [0.25, 0.3) is 0 Å². The zero-order chi connectivity index (χ0) is 21.0. The highest BCUT2D eigenvalue weighted by Crippen LogP contribution is 2.48. The van der Waals surface area contributed by atoms with E-state index in [1.54, 1.807) is 33.5 Å². The molecule has 7 heteroatoms. The van der Waals surface area contributed by atoms with Crippen LogP contribution < -0.4 is 23.8 Å². The van der Waals surface area contributed by atoms with Crippen LogP contribution in [0.15, 0.2) is 30.3 Å². The van der Waals surface area contributed by atoms with E-state index >= 15 is 0 Å². The van der Waals surface area contributed by atoms with Crippen molar-refractivity contribution < 1.29 is 29.2 Å². The molecule has 0 spiro atoms. The molecule has 0 fully saturated rings. The fraction of sp³-hybridized carbons (Fsp3) is 0.455. The number of ether oxygens (including phenoxy) is 4. The standard InChI is InChI=1S/C22H29NO6/c1-23-16-10-14(6-5-9-24)7-8-17(16)29-20(13-25)22(23)21-18(27-3)11-15(26-2)12-19(21)28-4/h7-8,10-12,20,22,24-25H,5-6,9,13H2,1-4H3/t20-,22+/m0/s1. The fourth-order valence-corrected chi connectivity index (χ4v) is 3.84. The van der Waals surface area contributed by atoms with Crippen LogP contribution in [0, 0.1) is 0 Å². The van der Waals surface area contributed by atoms with Crippen LogP contribution in [-0.2, 0) is 6.42 Å². The van der Waals surface area contributed by atoms with E-state index in [0.717, 1.165) is 23.2 Å². The maximum absolute atomic E-state index is 10.1. The molecule has 3 rings (SSSR count). The third-order valence-corrected chi connectivity index (χ3v) is 5.30. The molecule has 29 heavy (non-hydrogen) atoms. The number of aryl methyl sites for hydroxylation is 1. The molecule has 2 atom stereocenters. The third-order valence-electron chi connectivity index (χ3n) is 5.30. The number of hydrogen-bond acceptors (Lipinski definition) is 7. The molecule has 2 aromatic rings. The highest BCUT2D eigenvalue weighted by molar-refractivity contribution is 5.65. The molecule has 0 bridgehead atoms. The first kappa shape index (κ1) is 21.1. The van der Waals surface area contributed by atoms with Crippen LogP contribution in [0.5, 0.6) is 23.0 Å². The Bertz CT molecular complexity index is 815. The third kappa shape index (κ3) is 4.06. The average Bonchev–Trinajstić information content (AvgIpc) is 2.76. The summed E-state index contributed by atoms with van der Waals surface area (Å²) in [6.45, 7) is -0.0159. The number of anilines is 1. The summed E-state index contributed by atoms with van der Waals surface area (Å²) in [6, 6.07) is 9.23. The van der Waals surface area contributed by atoms with Crippen molar-refractivity contribution >= 4 is 5.69 Å². The van der Waals surface area contributed by atoms with Gasteiger partial charge in [0, 0.05) is 25.8 Å². The second-order valence-electron chi connectivity index (χ2n) is 6.97. The zero-order valence-electron chi connectivity index (χ0n) is 17.3. The van der Waals surface area contributed by atoms with Crippen LogP contribution in [-0.4, -0.2) is 57.9 Å². The van der Waals surface area contributed by atoms with Crippen molar-refractivity contribution in [3.63, 3.8) is 0 Å². The number of likely N-dealkylation sites (N-methyl/N-ethyl adjacent to an activating group) is 1. The Morgan fingerprint density at radius 2 is 1.69 bits per heavy atom. The highest BCUT2D eigenvalue weighted by Gasteiger charge is 2.38. The summed E-state index contributed by atoms with van der Waals surface area (Å²) < 4.78 is 22.8. The zero-order valence-corrected chi connectivity index (χ0v) is 17.3. The minimum absolute atomic E-state index is 0.152. The molecule has 0 aliphatic carbocycles. The first-order chi connectivity index (χ1) is 14.1. The Hall–Kier alpha value is -2.64. The number of benzene rings is 2. The van der Waals surface area contributed by atoms with Crippen molar-refractivity contribution in [2.24, 2.45) is 0 Å². The Morgan fingerprint density at radius 1 is 1.00 bits per heavy atom. The van der Waals surface area contributed by atoms with Crippen molar-refractivity contribution in [2.75, 3.05) is 46.5 Å². The number of fused-ring (bicyclic) bond motifs is 1. The van der Waals surface area contributed by atoms with Gasteiger partial charge in [0.15, 0.2) is 0 Å². The van der Waals surface area contributed by atoms with Gasteiger partial charge in [-0.1, -0.05) is 6.07 Å². The second-order valence-corrected chi connectivity index (χ2v) is 6.97. The SMILES string of the molecule is COc1cc(OC)c([C@H]2[C@H](CO)Oc3ccc(CCCO)cc3N2C)c(OC)c1. The van der Waals surface area contributed by atoms with Gasteiger partial charge in [0.2, 0.25) is 0 Å². The van der Waals surface area contributed by atoms with Crippen molar-refractivity contribution in [3.8, 4) is 23.0 Å². The summed E-state index contributed by atoms with van der Waals surface area (Å²) in [5.74, 6) is 2.52. The van der Waals surface area contributed by atoms with Gasteiger partial charge in [-0.2, -0.15) is 0 Å². The van der Waals surface area contributed by atoms with E-state index < -0.39 is 6.10 Å². The quantitative estimate of drug-likeness (QED) is 0.701. The predicted molar refractivity (Wildman–Crippen MR) is 111 cm³/mol. The topological polar surface area (TPSA) is 80.6 Å². The lowest BCUT2D eigenvalue weighted by Gasteiger charge is -2.42. The molecule has 7 nitrogen and oxygen atoms in total. The molecule has 0 amide bonds. The Labute approximate surface area is 171 Å². The molecule has 0 unspecified atom stereocenters. The van der Waals surface area contributed by atoms with E-state index in [2.05, 4.69) is 11.0 Å². The van der Waals surface area contributed by atoms with Crippen molar-refractivity contribution in [3.05, 3.63) is 41.5 Å². The van der Waals surface area contributed by atoms with Gasteiger partial charge in [-0.05, 0) is 30.5 Å². The molecular formula is C22H29NO6. The summed E-state index contributed by atoms with van der Waals surface area (Å²) in [6.07, 6.45) is 0.972. The van der Waals surface area contributed by atoms with Crippen LogP contribution in [0.25, 0.3) is 0 Å². The number of methoxy groups -OCH3 is 3. The molecule has 158 valence electrons. The molecule has 1 heterocycles. The van der Waals surface area contributed by atoms with E-state index in [1.165, 1.54) is 0 Å². The minimum Gasteiger partial charge on any atom is -0.496 e. The largest absolute Gasteiger partial charge is 0.496 e. The summed E-state index contributed by atoms with van der Waals surface area (Å²) in [4.78, 5) is 2.08. The summed E-state index contributed by atoms with van der Waals surface area (Å²) >= 11 is 0. The van der Waals surface area contributed by atoms with Gasteiger partial charge >= 0.3 is 0 Å². The number of nitrogens with zero attached hydrogens (tertiary/aromatic N) is 1. The molecule has 0 saturated carbocycles. The molecule has 1 aliphatic rings. The number of hydrogen-bond donors (Lipinski definition) is 2. The predicted octanol–water partition coefficient (Wildman–Crippen LogP) is 2.57.